The molecule has 2 aromatic rings. The molecule has 3 rings (SSSR count). The smallest absolute Gasteiger partial charge is 0.194 e. The Hall–Kier alpha value is -2.33. The number of halogens is 11. The van der Waals surface area contributed by atoms with Gasteiger partial charge in [0.05, 0.1) is 0 Å². The van der Waals surface area contributed by atoms with E-state index in [1.807, 2.05) is 12.1 Å². The molecule has 0 unspecified atom stereocenters. The van der Waals surface area contributed by atoms with E-state index in [1.165, 1.54) is 6.42 Å². The number of hydrogen-bond acceptors (Lipinski definition) is 0. The highest BCUT2D eigenvalue weighted by molar-refractivity contribution is 5.64. The molecule has 0 N–H and O–H groups in total. The van der Waals surface area contributed by atoms with E-state index in [0.717, 1.165) is 49.8 Å². The van der Waals surface area contributed by atoms with E-state index >= 15 is 0 Å². The molecular formula is C26H25F11. The molecule has 11 heteroatoms. The van der Waals surface area contributed by atoms with Crippen molar-refractivity contribution in [2.45, 2.75) is 81.2 Å². The van der Waals surface area contributed by atoms with Crippen molar-refractivity contribution in [1.82, 2.24) is 0 Å². The van der Waals surface area contributed by atoms with Crippen LogP contribution in [0.25, 0.3) is 11.1 Å². The van der Waals surface area contributed by atoms with Gasteiger partial charge < -0.3 is 0 Å². The van der Waals surface area contributed by atoms with Gasteiger partial charge in [-0.2, -0.15) is 48.3 Å². The van der Waals surface area contributed by atoms with Crippen LogP contribution in [0.1, 0.15) is 62.5 Å². The molecule has 0 nitrogen and oxygen atoms in total. The van der Waals surface area contributed by atoms with Gasteiger partial charge in [0, 0.05) is 5.56 Å². The standard InChI is InChI=1S/C26H25F11/c1-2-3-16-4-6-17(7-5-16)18-8-10-19(11-9-18)20-12-14-21(15-13-20)22(27,28)23(29,30)24(31,32)25(33,34)26(35,36)37/h8-17H,2-7H2,1H3. The highest BCUT2D eigenvalue weighted by Gasteiger charge is 2.87. The molecule has 1 aliphatic rings. The maximum atomic E-state index is 14.3. The Labute approximate surface area is 206 Å². The predicted molar refractivity (Wildman–Crippen MR) is 116 cm³/mol. The molecule has 0 atom stereocenters. The van der Waals surface area contributed by atoms with Gasteiger partial charge in [-0.15, -0.1) is 0 Å². The summed E-state index contributed by atoms with van der Waals surface area (Å²) in [7, 11) is 0. The number of alkyl halides is 11. The van der Waals surface area contributed by atoms with Crippen LogP contribution in [0.15, 0.2) is 48.5 Å². The summed E-state index contributed by atoms with van der Waals surface area (Å²) in [5, 5.41) is 0. The van der Waals surface area contributed by atoms with Crippen LogP contribution in [-0.2, 0) is 5.92 Å². The average Bonchev–Trinajstić information content (AvgIpc) is 2.84. The normalized spacial score (nSPS) is 20.2. The Balaban J connectivity index is 1.79. The van der Waals surface area contributed by atoms with Crippen molar-refractivity contribution < 1.29 is 48.3 Å². The summed E-state index contributed by atoms with van der Waals surface area (Å²) in [6, 6.07) is 9.39. The molecule has 0 amide bonds. The zero-order valence-electron chi connectivity index (χ0n) is 19.7. The van der Waals surface area contributed by atoms with Crippen LogP contribution in [0.3, 0.4) is 0 Å². The van der Waals surface area contributed by atoms with Crippen LogP contribution in [0.4, 0.5) is 48.3 Å². The molecule has 0 bridgehead atoms. The summed E-state index contributed by atoms with van der Waals surface area (Å²) < 4.78 is 146. The van der Waals surface area contributed by atoms with E-state index in [1.54, 1.807) is 12.1 Å². The zero-order valence-corrected chi connectivity index (χ0v) is 19.7. The number of rotatable bonds is 8. The van der Waals surface area contributed by atoms with Gasteiger partial charge in [-0.05, 0) is 54.2 Å². The van der Waals surface area contributed by atoms with Crippen molar-refractivity contribution in [2.75, 3.05) is 0 Å². The Bertz CT molecular complexity index is 1030. The Kier molecular flexibility index (Phi) is 7.97. The fraction of sp³-hybridized carbons (Fsp3) is 0.538. The van der Waals surface area contributed by atoms with E-state index in [4.69, 9.17) is 0 Å². The van der Waals surface area contributed by atoms with Gasteiger partial charge in [0.25, 0.3) is 0 Å². The van der Waals surface area contributed by atoms with E-state index < -0.39 is 35.4 Å². The second-order valence-corrected chi connectivity index (χ2v) is 9.50. The molecule has 0 aliphatic heterocycles. The minimum atomic E-state index is -7.42. The monoisotopic (exact) mass is 546 g/mol. The number of benzene rings is 2. The van der Waals surface area contributed by atoms with Crippen molar-refractivity contribution in [1.29, 1.82) is 0 Å². The lowest BCUT2D eigenvalue weighted by atomic mass is 9.77. The Morgan fingerprint density at radius 3 is 1.49 bits per heavy atom. The average molecular weight is 546 g/mol. The molecule has 0 saturated heterocycles. The van der Waals surface area contributed by atoms with Crippen LogP contribution in [0.2, 0.25) is 0 Å². The van der Waals surface area contributed by atoms with E-state index in [2.05, 4.69) is 6.92 Å². The van der Waals surface area contributed by atoms with Gasteiger partial charge in [0.2, 0.25) is 0 Å². The molecule has 206 valence electrons. The minimum Gasteiger partial charge on any atom is -0.194 e. The van der Waals surface area contributed by atoms with Crippen molar-refractivity contribution >= 4 is 0 Å². The third-order valence-corrected chi connectivity index (χ3v) is 7.05. The fourth-order valence-corrected chi connectivity index (χ4v) is 4.77. The first-order valence-corrected chi connectivity index (χ1v) is 11.8. The second-order valence-electron chi connectivity index (χ2n) is 9.50. The number of hydrogen-bond donors (Lipinski definition) is 0. The first-order valence-electron chi connectivity index (χ1n) is 11.8. The molecule has 2 aromatic carbocycles. The summed E-state index contributed by atoms with van der Waals surface area (Å²) in [6.45, 7) is 2.14. The van der Waals surface area contributed by atoms with Gasteiger partial charge in [-0.3, -0.25) is 0 Å². The van der Waals surface area contributed by atoms with Crippen LogP contribution in [0.5, 0.6) is 0 Å². The quantitative estimate of drug-likeness (QED) is 0.289. The van der Waals surface area contributed by atoms with E-state index in [0.29, 0.717) is 29.5 Å². The molecule has 1 saturated carbocycles. The third kappa shape index (κ3) is 5.19. The van der Waals surface area contributed by atoms with Crippen LogP contribution < -0.4 is 0 Å². The fourth-order valence-electron chi connectivity index (χ4n) is 4.77. The molecule has 1 fully saturated rings. The SMILES string of the molecule is CCCC1CCC(c2ccc(-c3ccc(C(F)(F)C(F)(F)C(F)(F)C(F)(F)C(F)(F)F)cc3)cc2)CC1. The largest absolute Gasteiger partial charge is 0.460 e. The minimum absolute atomic E-state index is 0.230. The third-order valence-electron chi connectivity index (χ3n) is 7.05. The van der Waals surface area contributed by atoms with Crippen molar-refractivity contribution in [3.63, 3.8) is 0 Å². The predicted octanol–water partition coefficient (Wildman–Crippen LogP) is 9.99. The lowest BCUT2D eigenvalue weighted by molar-refractivity contribution is -0.424. The Morgan fingerprint density at radius 1 is 0.595 bits per heavy atom. The van der Waals surface area contributed by atoms with Crippen LogP contribution in [0, 0.1) is 5.92 Å². The summed E-state index contributed by atoms with van der Waals surface area (Å²) in [4.78, 5) is 0. The molecule has 1 aliphatic carbocycles. The van der Waals surface area contributed by atoms with Crippen molar-refractivity contribution in [3.05, 3.63) is 59.7 Å². The topological polar surface area (TPSA) is 0 Å². The lowest BCUT2D eigenvalue weighted by Crippen LogP contribution is -2.65. The molecule has 37 heavy (non-hydrogen) atoms. The molecule has 0 aromatic heterocycles. The molecular weight excluding hydrogens is 521 g/mol. The first-order chi connectivity index (χ1) is 17.0. The highest BCUT2D eigenvalue weighted by atomic mass is 19.4. The van der Waals surface area contributed by atoms with E-state index in [9.17, 15) is 48.3 Å². The highest BCUT2D eigenvalue weighted by Crippen LogP contribution is 2.59. The maximum absolute atomic E-state index is 14.3. The Morgan fingerprint density at radius 2 is 1.05 bits per heavy atom. The van der Waals surface area contributed by atoms with Gasteiger partial charge in [0.15, 0.2) is 0 Å². The van der Waals surface area contributed by atoms with Gasteiger partial charge in [-0.25, -0.2) is 0 Å². The van der Waals surface area contributed by atoms with E-state index in [-0.39, 0.29) is 5.56 Å². The van der Waals surface area contributed by atoms with Crippen molar-refractivity contribution in [2.24, 2.45) is 5.92 Å². The molecule has 0 radical (unpaired) electrons. The molecule has 0 heterocycles. The van der Waals surface area contributed by atoms with Gasteiger partial charge in [0.1, 0.15) is 0 Å². The molecule has 0 spiro atoms. The van der Waals surface area contributed by atoms with Gasteiger partial charge >= 0.3 is 29.9 Å². The summed E-state index contributed by atoms with van der Waals surface area (Å²) in [6.07, 6.45) is -0.562. The van der Waals surface area contributed by atoms with Crippen molar-refractivity contribution in [3.8, 4) is 11.1 Å². The lowest BCUT2D eigenvalue weighted by Gasteiger charge is -2.37. The van der Waals surface area contributed by atoms with Gasteiger partial charge in [-0.1, -0.05) is 68.3 Å². The summed E-state index contributed by atoms with van der Waals surface area (Å²) >= 11 is 0. The summed E-state index contributed by atoms with van der Waals surface area (Å²) in [5.41, 5.74) is -0.0406. The van der Waals surface area contributed by atoms with Crippen LogP contribution in [-0.4, -0.2) is 23.9 Å². The summed E-state index contributed by atoms with van der Waals surface area (Å²) in [5.74, 6) is -26.8. The zero-order chi connectivity index (χ0) is 27.9. The maximum Gasteiger partial charge on any atom is 0.460 e. The first kappa shape index (κ1) is 29.2. The second kappa shape index (κ2) is 10.1. The van der Waals surface area contributed by atoms with Crippen LogP contribution >= 0.6 is 0 Å².